The summed E-state index contributed by atoms with van der Waals surface area (Å²) in [5, 5.41) is 0. The molecule has 2 rings (SSSR count). The van der Waals surface area contributed by atoms with Crippen LogP contribution in [0.1, 0.15) is 33.6 Å². The average molecular weight is 226 g/mol. The van der Waals surface area contributed by atoms with Crippen molar-refractivity contribution < 1.29 is 4.74 Å². The van der Waals surface area contributed by atoms with Crippen LogP contribution in [0.2, 0.25) is 0 Å². The third kappa shape index (κ3) is 2.41. The second kappa shape index (κ2) is 4.63. The summed E-state index contributed by atoms with van der Waals surface area (Å²) < 4.78 is 5.25. The van der Waals surface area contributed by atoms with Crippen LogP contribution in [-0.2, 0) is 4.74 Å². The maximum absolute atomic E-state index is 6.28. The summed E-state index contributed by atoms with van der Waals surface area (Å²) in [7, 11) is 0. The molecule has 0 amide bonds. The van der Waals surface area contributed by atoms with Crippen molar-refractivity contribution in [3.05, 3.63) is 0 Å². The largest absolute Gasteiger partial charge is 0.377 e. The molecule has 94 valence electrons. The first-order chi connectivity index (χ1) is 7.51. The van der Waals surface area contributed by atoms with Crippen molar-refractivity contribution in [1.82, 2.24) is 4.90 Å². The third-order valence-corrected chi connectivity index (χ3v) is 4.46. The Kier molecular flexibility index (Phi) is 3.57. The van der Waals surface area contributed by atoms with Crippen LogP contribution in [0.5, 0.6) is 0 Å². The normalized spacial score (nSPS) is 31.7. The van der Waals surface area contributed by atoms with Crippen LogP contribution >= 0.6 is 0 Å². The van der Waals surface area contributed by atoms with E-state index in [-0.39, 0.29) is 5.54 Å². The highest BCUT2D eigenvalue weighted by Crippen LogP contribution is 2.32. The first kappa shape index (κ1) is 12.3. The zero-order valence-corrected chi connectivity index (χ0v) is 10.9. The van der Waals surface area contributed by atoms with Crippen molar-refractivity contribution in [1.29, 1.82) is 0 Å². The predicted octanol–water partition coefficient (Wildman–Crippen LogP) is 1.47. The zero-order valence-electron chi connectivity index (χ0n) is 10.9. The molecule has 0 aromatic rings. The van der Waals surface area contributed by atoms with E-state index >= 15 is 0 Å². The highest BCUT2D eigenvalue weighted by Gasteiger charge is 2.41. The van der Waals surface area contributed by atoms with Gasteiger partial charge in [-0.3, -0.25) is 0 Å². The minimum atomic E-state index is -0.0226. The number of nitrogens with zero attached hydrogens (tertiary/aromatic N) is 1. The molecule has 3 heteroatoms. The molecule has 0 spiro atoms. The number of likely N-dealkylation sites (tertiary alicyclic amines) is 1. The molecule has 0 bridgehead atoms. The van der Waals surface area contributed by atoms with Gasteiger partial charge in [-0.25, -0.2) is 0 Å². The van der Waals surface area contributed by atoms with E-state index in [2.05, 4.69) is 25.7 Å². The Morgan fingerprint density at radius 2 is 2.06 bits per heavy atom. The molecular weight excluding hydrogens is 200 g/mol. The molecule has 2 aliphatic heterocycles. The molecule has 0 aromatic heterocycles. The van der Waals surface area contributed by atoms with E-state index in [9.17, 15) is 0 Å². The second-order valence-corrected chi connectivity index (χ2v) is 6.11. The van der Waals surface area contributed by atoms with E-state index in [1.54, 1.807) is 0 Å². The Morgan fingerprint density at radius 3 is 2.50 bits per heavy atom. The van der Waals surface area contributed by atoms with Crippen LogP contribution in [0.4, 0.5) is 0 Å². The standard InChI is InChI=1S/C13H26N2O/c1-10(2)15-5-4-12(7-15)6-11(3)13(14)8-16-9-13/h10-12H,4-9,14H2,1-3H3. The number of rotatable bonds is 4. The third-order valence-electron chi connectivity index (χ3n) is 4.46. The molecular formula is C13H26N2O. The molecule has 3 nitrogen and oxygen atoms in total. The van der Waals surface area contributed by atoms with Gasteiger partial charge in [-0.05, 0) is 45.1 Å². The first-order valence-corrected chi connectivity index (χ1v) is 6.62. The SMILES string of the molecule is CC(C)N1CCC(CC(C)C2(N)COC2)C1. The summed E-state index contributed by atoms with van der Waals surface area (Å²) in [4.78, 5) is 2.58. The minimum absolute atomic E-state index is 0.0226. The lowest BCUT2D eigenvalue weighted by Gasteiger charge is -2.43. The molecule has 2 saturated heterocycles. The molecule has 2 atom stereocenters. The highest BCUT2D eigenvalue weighted by atomic mass is 16.5. The molecule has 2 fully saturated rings. The van der Waals surface area contributed by atoms with Gasteiger partial charge in [-0.2, -0.15) is 0 Å². The molecule has 0 radical (unpaired) electrons. The van der Waals surface area contributed by atoms with E-state index in [0.717, 1.165) is 19.1 Å². The Balaban J connectivity index is 1.78. The molecule has 0 aliphatic carbocycles. The van der Waals surface area contributed by atoms with Gasteiger partial charge >= 0.3 is 0 Å². The van der Waals surface area contributed by atoms with Crippen LogP contribution in [0, 0.1) is 11.8 Å². The minimum Gasteiger partial charge on any atom is -0.377 e. The monoisotopic (exact) mass is 226 g/mol. The number of hydrogen-bond donors (Lipinski definition) is 1. The van der Waals surface area contributed by atoms with Crippen molar-refractivity contribution in [2.45, 2.75) is 45.2 Å². The van der Waals surface area contributed by atoms with Crippen LogP contribution < -0.4 is 5.73 Å². The Labute approximate surface area is 99.3 Å². The van der Waals surface area contributed by atoms with Gasteiger partial charge in [0.05, 0.1) is 18.8 Å². The van der Waals surface area contributed by atoms with Gasteiger partial charge in [-0.1, -0.05) is 6.92 Å². The Morgan fingerprint density at radius 1 is 1.38 bits per heavy atom. The van der Waals surface area contributed by atoms with Gasteiger partial charge in [-0.15, -0.1) is 0 Å². The molecule has 0 aromatic carbocycles. The van der Waals surface area contributed by atoms with E-state index in [1.807, 2.05) is 0 Å². The van der Waals surface area contributed by atoms with Gasteiger partial charge in [0, 0.05) is 12.6 Å². The van der Waals surface area contributed by atoms with Gasteiger partial charge in [0.2, 0.25) is 0 Å². The summed E-state index contributed by atoms with van der Waals surface area (Å²) >= 11 is 0. The number of hydrogen-bond acceptors (Lipinski definition) is 3. The number of nitrogens with two attached hydrogens (primary N) is 1. The lowest BCUT2D eigenvalue weighted by molar-refractivity contribution is -0.0832. The van der Waals surface area contributed by atoms with E-state index < -0.39 is 0 Å². The second-order valence-electron chi connectivity index (χ2n) is 6.11. The molecule has 2 aliphatic rings. The molecule has 16 heavy (non-hydrogen) atoms. The Bertz CT molecular complexity index is 238. The van der Waals surface area contributed by atoms with E-state index in [1.165, 1.54) is 25.9 Å². The van der Waals surface area contributed by atoms with Crippen molar-refractivity contribution >= 4 is 0 Å². The van der Waals surface area contributed by atoms with Gasteiger partial charge in [0.15, 0.2) is 0 Å². The first-order valence-electron chi connectivity index (χ1n) is 6.62. The molecule has 2 heterocycles. The van der Waals surface area contributed by atoms with E-state index in [4.69, 9.17) is 10.5 Å². The quantitative estimate of drug-likeness (QED) is 0.789. The summed E-state index contributed by atoms with van der Waals surface area (Å²) in [6, 6.07) is 0.694. The van der Waals surface area contributed by atoms with Crippen LogP contribution in [0.3, 0.4) is 0 Å². The molecule has 2 unspecified atom stereocenters. The highest BCUT2D eigenvalue weighted by molar-refractivity contribution is 4.96. The molecule has 0 saturated carbocycles. The summed E-state index contributed by atoms with van der Waals surface area (Å²) in [6.07, 6.45) is 2.61. The maximum atomic E-state index is 6.28. The zero-order chi connectivity index (χ0) is 11.8. The lowest BCUT2D eigenvalue weighted by Crippen LogP contribution is -2.62. The van der Waals surface area contributed by atoms with Gasteiger partial charge < -0.3 is 15.4 Å². The van der Waals surface area contributed by atoms with Crippen molar-refractivity contribution in [3.8, 4) is 0 Å². The maximum Gasteiger partial charge on any atom is 0.0672 e. The topological polar surface area (TPSA) is 38.5 Å². The number of ether oxygens (including phenoxy) is 1. The Hall–Kier alpha value is -0.120. The van der Waals surface area contributed by atoms with Crippen LogP contribution in [0.15, 0.2) is 0 Å². The summed E-state index contributed by atoms with van der Waals surface area (Å²) in [6.45, 7) is 10.9. The van der Waals surface area contributed by atoms with Crippen LogP contribution in [-0.4, -0.2) is 42.8 Å². The predicted molar refractivity (Wildman–Crippen MR) is 66.3 cm³/mol. The van der Waals surface area contributed by atoms with Gasteiger partial charge in [0.1, 0.15) is 0 Å². The van der Waals surface area contributed by atoms with Crippen LogP contribution in [0.25, 0.3) is 0 Å². The average Bonchev–Trinajstić information content (AvgIpc) is 2.62. The smallest absolute Gasteiger partial charge is 0.0672 e. The van der Waals surface area contributed by atoms with Crippen molar-refractivity contribution in [2.24, 2.45) is 17.6 Å². The van der Waals surface area contributed by atoms with Crippen molar-refractivity contribution in [2.75, 3.05) is 26.3 Å². The van der Waals surface area contributed by atoms with E-state index in [0.29, 0.717) is 12.0 Å². The fourth-order valence-electron chi connectivity index (χ4n) is 2.88. The summed E-state index contributed by atoms with van der Waals surface area (Å²) in [5.41, 5.74) is 6.26. The van der Waals surface area contributed by atoms with Gasteiger partial charge in [0.25, 0.3) is 0 Å². The lowest BCUT2D eigenvalue weighted by atomic mass is 9.78. The van der Waals surface area contributed by atoms with Crippen molar-refractivity contribution in [3.63, 3.8) is 0 Å². The fraction of sp³-hybridized carbons (Fsp3) is 1.00. The summed E-state index contributed by atoms with van der Waals surface area (Å²) in [5.74, 6) is 1.44. The fourth-order valence-corrected chi connectivity index (χ4v) is 2.88. The molecule has 2 N–H and O–H groups in total.